The van der Waals surface area contributed by atoms with Crippen LogP contribution in [0, 0.1) is 29.1 Å². The van der Waals surface area contributed by atoms with Gasteiger partial charge in [0.05, 0.1) is 24.4 Å². The summed E-state index contributed by atoms with van der Waals surface area (Å²) in [6.07, 6.45) is 11.2. The molecule has 8 unspecified atom stereocenters. The number of allylic oxidation sites excluding steroid dienone is 8. The molecule has 0 saturated heterocycles. The highest BCUT2D eigenvalue weighted by Gasteiger charge is 2.64. The molecular weight excluding hydrogens is 707 g/mol. The Bertz CT molecular complexity index is 1810. The lowest BCUT2D eigenvalue weighted by Gasteiger charge is -2.55. The molecule has 4 aliphatic rings. The van der Waals surface area contributed by atoms with Crippen molar-refractivity contribution in [1.29, 1.82) is 0 Å². The Hall–Kier alpha value is -3.66. The largest absolute Gasteiger partial charge is 0.396 e. The first-order chi connectivity index (χ1) is 26.7. The van der Waals surface area contributed by atoms with Crippen LogP contribution in [0.3, 0.4) is 0 Å². The number of nitrogens with one attached hydrogen (secondary N) is 2. The molecule has 304 valence electrons. The van der Waals surface area contributed by atoms with E-state index in [0.717, 1.165) is 29.6 Å². The molecule has 1 spiro atoms. The summed E-state index contributed by atoms with van der Waals surface area (Å²) in [6.45, 7) is 12.2. The number of ketones is 1. The van der Waals surface area contributed by atoms with Crippen molar-refractivity contribution in [3.8, 4) is 11.8 Å². The van der Waals surface area contributed by atoms with Crippen LogP contribution < -0.4 is 16.4 Å². The number of hydrogen-bond donors (Lipinski definition) is 7. The predicted octanol–water partition coefficient (Wildman–Crippen LogP) is 5.09. The van der Waals surface area contributed by atoms with Gasteiger partial charge in [0.15, 0.2) is 5.78 Å². The van der Waals surface area contributed by atoms with E-state index in [1.54, 1.807) is 6.92 Å². The maximum Gasteiger partial charge on any atom is 0.243 e. The number of rotatable bonds is 10. The standard InChI is InChI=1S/C46H63N3O7/c1-29-12-6-7-25-56-28-34(17-9-15-30(2)14-8-13-29)36-21-23-46(42(36)53)38(19-11-24-50)35(20-22-45(46,5)55)32(4)39(52)26-33-16-10-18-37-40(33)41(48-27-31(3)51)44(54)49-43(37)47/h9-10,13,15-18,31,36,38,41-43,48,50-51,53,55H,2,8,11-12,14,19-28,47H2,1,3-5H3,(H,49,54). The van der Waals surface area contributed by atoms with Crippen LogP contribution >= 0.6 is 0 Å². The Morgan fingerprint density at radius 1 is 1.23 bits per heavy atom. The molecule has 56 heavy (non-hydrogen) atoms. The van der Waals surface area contributed by atoms with Crippen molar-refractivity contribution < 1.29 is 34.8 Å². The van der Waals surface area contributed by atoms with Crippen molar-refractivity contribution in [2.75, 3.05) is 26.4 Å². The zero-order chi connectivity index (χ0) is 40.6. The summed E-state index contributed by atoms with van der Waals surface area (Å²) in [5, 5.41) is 50.9. The van der Waals surface area contributed by atoms with E-state index in [2.05, 4.69) is 42.1 Å². The number of benzene rings is 1. The molecule has 2 aliphatic heterocycles. The smallest absolute Gasteiger partial charge is 0.243 e. The fourth-order valence-corrected chi connectivity index (χ4v) is 9.61. The third-order valence-corrected chi connectivity index (χ3v) is 12.6. The molecule has 0 bridgehead atoms. The molecule has 5 rings (SSSR count). The third kappa shape index (κ3) is 9.54. The molecular formula is C46H63N3O7. The first-order valence-electron chi connectivity index (χ1n) is 20.3. The van der Waals surface area contributed by atoms with Crippen molar-refractivity contribution in [3.05, 3.63) is 93.6 Å². The van der Waals surface area contributed by atoms with Crippen LogP contribution in [0.5, 0.6) is 0 Å². The number of fused-ring (bicyclic) bond motifs is 1. The molecule has 1 aromatic carbocycles. The lowest BCUT2D eigenvalue weighted by Crippen LogP contribution is -2.59. The topological polar surface area (TPSA) is 174 Å². The number of aliphatic hydroxyl groups excluding tert-OH is 3. The predicted molar refractivity (Wildman–Crippen MR) is 219 cm³/mol. The van der Waals surface area contributed by atoms with Gasteiger partial charge in [0.25, 0.3) is 0 Å². The van der Waals surface area contributed by atoms with Crippen LogP contribution in [0.25, 0.3) is 0 Å². The van der Waals surface area contributed by atoms with Gasteiger partial charge in [-0.25, -0.2) is 0 Å². The maximum absolute atomic E-state index is 14.4. The Morgan fingerprint density at radius 3 is 2.77 bits per heavy atom. The fourth-order valence-electron chi connectivity index (χ4n) is 9.61. The third-order valence-electron chi connectivity index (χ3n) is 12.6. The summed E-state index contributed by atoms with van der Waals surface area (Å²) in [7, 11) is 0. The maximum atomic E-state index is 14.4. The second-order valence-electron chi connectivity index (χ2n) is 16.5. The minimum atomic E-state index is -1.25. The first-order valence-corrected chi connectivity index (χ1v) is 20.3. The molecule has 1 aromatic rings. The van der Waals surface area contributed by atoms with Crippen LogP contribution in [0.15, 0.2) is 76.9 Å². The van der Waals surface area contributed by atoms with Crippen LogP contribution in [-0.2, 0) is 20.7 Å². The first kappa shape index (κ1) is 43.5. The van der Waals surface area contributed by atoms with Gasteiger partial charge >= 0.3 is 0 Å². The fraction of sp³-hybridized carbons (Fsp3) is 0.565. The summed E-state index contributed by atoms with van der Waals surface area (Å²) in [4.78, 5) is 27.6. The lowest BCUT2D eigenvalue weighted by atomic mass is 9.52. The van der Waals surface area contributed by atoms with Crippen LogP contribution in [0.4, 0.5) is 0 Å². The number of hydrogen-bond acceptors (Lipinski definition) is 9. The zero-order valence-corrected chi connectivity index (χ0v) is 33.7. The van der Waals surface area contributed by atoms with Gasteiger partial charge in [-0.05, 0) is 113 Å². The second-order valence-corrected chi connectivity index (χ2v) is 16.5. The van der Waals surface area contributed by atoms with Gasteiger partial charge in [0.2, 0.25) is 5.91 Å². The molecule has 8 N–H and O–H groups in total. The molecule has 8 atom stereocenters. The summed E-state index contributed by atoms with van der Waals surface area (Å²) < 4.78 is 6.07. The molecule has 1 amide bonds. The highest BCUT2D eigenvalue weighted by Crippen LogP contribution is 2.63. The van der Waals surface area contributed by atoms with Gasteiger partial charge in [-0.15, -0.1) is 0 Å². The van der Waals surface area contributed by atoms with Crippen LogP contribution in [0.1, 0.15) is 114 Å². The van der Waals surface area contributed by atoms with Crippen molar-refractivity contribution in [2.45, 2.75) is 122 Å². The van der Waals surface area contributed by atoms with Gasteiger partial charge in [0, 0.05) is 37.3 Å². The summed E-state index contributed by atoms with van der Waals surface area (Å²) >= 11 is 0. The Labute approximate surface area is 333 Å². The van der Waals surface area contributed by atoms with Crippen molar-refractivity contribution >= 4 is 11.7 Å². The SMILES string of the molecule is C=C1C=CC=C(C2CCC3(C(CCCO)C(=C(C)C(=O)Cc4cccc5c4C(NCC(C)O)C(=O)NC5N)CCC3(C)O)C2O)COCC#CCC(C)=CCC1. The number of carbonyl (C=O) groups is 2. The van der Waals surface area contributed by atoms with Crippen LogP contribution in [0.2, 0.25) is 0 Å². The molecule has 2 aliphatic carbocycles. The number of carbonyl (C=O) groups excluding carboxylic acids is 2. The van der Waals surface area contributed by atoms with E-state index in [4.69, 9.17) is 10.5 Å². The van der Waals surface area contributed by atoms with Crippen molar-refractivity contribution in [2.24, 2.45) is 23.0 Å². The van der Waals surface area contributed by atoms with E-state index in [9.17, 15) is 30.0 Å². The molecule has 0 radical (unpaired) electrons. The number of Topliss-reactive ketones (excluding diaryl/α,β-unsaturated/α-hetero) is 1. The lowest BCUT2D eigenvalue weighted by molar-refractivity contribution is -0.167. The van der Waals surface area contributed by atoms with Gasteiger partial charge in [-0.1, -0.05) is 77.6 Å². The van der Waals surface area contributed by atoms with Gasteiger partial charge in [0.1, 0.15) is 18.8 Å². The number of ether oxygens (including phenoxy) is 1. The highest BCUT2D eigenvalue weighted by molar-refractivity contribution is 5.98. The molecule has 10 heteroatoms. The van der Waals surface area contributed by atoms with Crippen LogP contribution in [-0.4, -0.2) is 76.3 Å². The average Bonchev–Trinajstić information content (AvgIpc) is 3.49. The van der Waals surface area contributed by atoms with Gasteiger partial charge < -0.3 is 36.2 Å². The minimum Gasteiger partial charge on any atom is -0.396 e. The zero-order valence-electron chi connectivity index (χ0n) is 33.7. The van der Waals surface area contributed by atoms with E-state index >= 15 is 0 Å². The molecule has 10 nitrogen and oxygen atoms in total. The van der Waals surface area contributed by atoms with E-state index in [1.165, 1.54) is 5.57 Å². The monoisotopic (exact) mass is 769 g/mol. The van der Waals surface area contributed by atoms with E-state index in [0.29, 0.717) is 67.2 Å². The highest BCUT2D eigenvalue weighted by atomic mass is 16.5. The summed E-state index contributed by atoms with van der Waals surface area (Å²) in [5.41, 5.74) is 10.8. The molecule has 2 saturated carbocycles. The quantitative estimate of drug-likeness (QED) is 0.0972. The minimum absolute atomic E-state index is 0.0209. The number of nitrogens with two attached hydrogens (primary N) is 1. The Kier molecular flexibility index (Phi) is 14.9. The molecule has 0 aromatic heterocycles. The van der Waals surface area contributed by atoms with Gasteiger partial charge in [-0.3, -0.25) is 14.9 Å². The second kappa shape index (κ2) is 19.2. The van der Waals surface area contributed by atoms with Crippen molar-refractivity contribution in [1.82, 2.24) is 10.6 Å². The summed E-state index contributed by atoms with van der Waals surface area (Å²) in [6, 6.07) is 4.73. The van der Waals surface area contributed by atoms with E-state index in [1.807, 2.05) is 50.3 Å². The number of aliphatic hydroxyl groups is 4. The average molecular weight is 770 g/mol. The normalized spacial score (nSPS) is 31.6. The Morgan fingerprint density at radius 2 is 2.02 bits per heavy atom. The Balaban J connectivity index is 1.49. The summed E-state index contributed by atoms with van der Waals surface area (Å²) in [5.74, 6) is 5.19. The molecule has 2 heterocycles. The van der Waals surface area contributed by atoms with E-state index < -0.39 is 35.4 Å². The van der Waals surface area contributed by atoms with Crippen molar-refractivity contribution in [3.63, 3.8) is 0 Å². The molecule has 2 fully saturated rings. The number of amides is 1. The van der Waals surface area contributed by atoms with E-state index in [-0.39, 0.29) is 56.3 Å². The van der Waals surface area contributed by atoms with Gasteiger partial charge in [-0.2, -0.15) is 0 Å².